The number of benzene rings is 1. The van der Waals surface area contributed by atoms with Crippen molar-refractivity contribution in [3.63, 3.8) is 0 Å². The number of carbonyl (C=O) groups is 2. The van der Waals surface area contributed by atoms with Crippen molar-refractivity contribution in [3.05, 3.63) is 35.6 Å². The summed E-state index contributed by atoms with van der Waals surface area (Å²) in [7, 11) is 0. The molecule has 0 bridgehead atoms. The number of rotatable bonds is 4. The summed E-state index contributed by atoms with van der Waals surface area (Å²) in [6.07, 6.45) is 5.21. The van der Waals surface area contributed by atoms with E-state index >= 15 is 0 Å². The summed E-state index contributed by atoms with van der Waals surface area (Å²) in [5.41, 5.74) is 0.755. The van der Waals surface area contributed by atoms with Crippen LogP contribution in [0.5, 0.6) is 0 Å². The third-order valence-corrected chi connectivity index (χ3v) is 5.77. The number of amides is 2. The summed E-state index contributed by atoms with van der Waals surface area (Å²) in [5, 5.41) is 12.1. The number of aliphatic carboxylic acids is 1. The van der Waals surface area contributed by atoms with E-state index in [9.17, 15) is 14.0 Å². The Morgan fingerprint density at radius 3 is 2.35 bits per heavy atom. The molecule has 0 spiro atoms. The van der Waals surface area contributed by atoms with Gasteiger partial charge in [-0.1, -0.05) is 18.2 Å². The number of nitrogens with one attached hydrogen (secondary N) is 1. The first-order chi connectivity index (χ1) is 12.5. The number of piperidine rings is 1. The number of urea groups is 1. The second-order valence-electron chi connectivity index (χ2n) is 7.56. The Bertz CT molecular complexity index is 636. The van der Waals surface area contributed by atoms with Crippen molar-refractivity contribution >= 4 is 12.0 Å². The molecule has 6 heteroatoms. The predicted octanol–water partition coefficient (Wildman–Crippen LogP) is 3.43. The summed E-state index contributed by atoms with van der Waals surface area (Å²) in [6, 6.07) is 6.93. The van der Waals surface area contributed by atoms with E-state index in [2.05, 4.69) is 5.32 Å². The quantitative estimate of drug-likeness (QED) is 0.862. The fourth-order valence-corrected chi connectivity index (χ4v) is 4.07. The summed E-state index contributed by atoms with van der Waals surface area (Å²) in [6.45, 7) is 1.38. The molecule has 1 heterocycles. The van der Waals surface area contributed by atoms with E-state index in [0.29, 0.717) is 31.8 Å². The molecule has 2 aliphatic rings. The molecule has 2 N–H and O–H groups in total. The second kappa shape index (κ2) is 8.52. The third kappa shape index (κ3) is 4.74. The Kier molecular flexibility index (Phi) is 6.12. The van der Waals surface area contributed by atoms with Crippen LogP contribution in [0.1, 0.15) is 44.1 Å². The minimum Gasteiger partial charge on any atom is -0.481 e. The highest BCUT2D eigenvalue weighted by Crippen LogP contribution is 2.26. The maximum atomic E-state index is 13.8. The molecule has 1 aromatic carbocycles. The maximum Gasteiger partial charge on any atom is 0.317 e. The van der Waals surface area contributed by atoms with Crippen LogP contribution in [0.4, 0.5) is 9.18 Å². The van der Waals surface area contributed by atoms with Crippen LogP contribution in [0.2, 0.25) is 0 Å². The van der Waals surface area contributed by atoms with Crippen molar-refractivity contribution in [2.24, 2.45) is 11.8 Å². The molecule has 26 heavy (non-hydrogen) atoms. The Morgan fingerprint density at radius 1 is 1.08 bits per heavy atom. The zero-order chi connectivity index (χ0) is 18.5. The van der Waals surface area contributed by atoms with E-state index in [-0.39, 0.29) is 23.8 Å². The van der Waals surface area contributed by atoms with Gasteiger partial charge in [0, 0.05) is 19.1 Å². The average Bonchev–Trinajstić information content (AvgIpc) is 2.64. The molecular weight excluding hydrogens is 335 g/mol. The number of hydrogen-bond donors (Lipinski definition) is 2. The molecule has 1 saturated carbocycles. The molecule has 0 atom stereocenters. The molecule has 1 aromatic rings. The lowest BCUT2D eigenvalue weighted by atomic mass is 9.86. The highest BCUT2D eigenvalue weighted by atomic mass is 19.1. The second-order valence-corrected chi connectivity index (χ2v) is 7.56. The van der Waals surface area contributed by atoms with Crippen LogP contribution in [-0.2, 0) is 11.2 Å². The monoisotopic (exact) mass is 362 g/mol. The van der Waals surface area contributed by atoms with Crippen LogP contribution in [0.15, 0.2) is 24.3 Å². The van der Waals surface area contributed by atoms with Crippen molar-refractivity contribution < 1.29 is 19.1 Å². The van der Waals surface area contributed by atoms with E-state index in [1.54, 1.807) is 6.07 Å². The van der Waals surface area contributed by atoms with Crippen LogP contribution < -0.4 is 5.32 Å². The number of carbonyl (C=O) groups excluding carboxylic acids is 1. The van der Waals surface area contributed by atoms with Crippen LogP contribution >= 0.6 is 0 Å². The van der Waals surface area contributed by atoms with Gasteiger partial charge in [-0.2, -0.15) is 0 Å². The summed E-state index contributed by atoms with van der Waals surface area (Å²) >= 11 is 0. The number of halogens is 1. The standard InChI is InChI=1S/C20H27FN2O3/c21-18-4-2-1-3-16(18)13-14-9-11-23(12-10-14)20(26)22-17-7-5-15(6-8-17)19(24)25/h1-4,14-15,17H,5-13H2,(H,22,26)(H,24,25). The van der Waals surface area contributed by atoms with Gasteiger partial charge >= 0.3 is 12.0 Å². The number of carboxylic acids is 1. The van der Waals surface area contributed by atoms with Crippen LogP contribution in [-0.4, -0.2) is 41.1 Å². The third-order valence-electron chi connectivity index (χ3n) is 5.77. The van der Waals surface area contributed by atoms with Gasteiger partial charge in [0.05, 0.1) is 5.92 Å². The Balaban J connectivity index is 1.41. The van der Waals surface area contributed by atoms with E-state index < -0.39 is 5.97 Å². The summed E-state index contributed by atoms with van der Waals surface area (Å²) < 4.78 is 13.8. The van der Waals surface area contributed by atoms with Gasteiger partial charge in [-0.3, -0.25) is 4.79 Å². The zero-order valence-electron chi connectivity index (χ0n) is 15.0. The normalized spacial score (nSPS) is 24.3. The van der Waals surface area contributed by atoms with Gasteiger partial charge in [-0.15, -0.1) is 0 Å². The van der Waals surface area contributed by atoms with Gasteiger partial charge in [-0.05, 0) is 62.5 Å². The summed E-state index contributed by atoms with van der Waals surface area (Å²) in [5.74, 6) is -0.740. The fourth-order valence-electron chi connectivity index (χ4n) is 4.07. The molecule has 3 rings (SSSR count). The maximum absolute atomic E-state index is 13.8. The highest BCUT2D eigenvalue weighted by Gasteiger charge is 2.29. The van der Waals surface area contributed by atoms with E-state index in [0.717, 1.165) is 37.7 Å². The van der Waals surface area contributed by atoms with E-state index in [4.69, 9.17) is 5.11 Å². The predicted molar refractivity (Wildman–Crippen MR) is 96.3 cm³/mol. The first kappa shape index (κ1) is 18.7. The van der Waals surface area contributed by atoms with Gasteiger partial charge in [0.15, 0.2) is 0 Å². The first-order valence-electron chi connectivity index (χ1n) is 9.54. The average molecular weight is 362 g/mol. The minimum atomic E-state index is -0.730. The number of carboxylic acid groups (broad SMARTS) is 1. The van der Waals surface area contributed by atoms with Gasteiger partial charge in [-0.25, -0.2) is 9.18 Å². The molecule has 2 amide bonds. The molecule has 0 unspecified atom stereocenters. The molecule has 2 fully saturated rings. The van der Waals surface area contributed by atoms with Gasteiger partial charge in [0.2, 0.25) is 0 Å². The molecular formula is C20H27FN2O3. The highest BCUT2D eigenvalue weighted by molar-refractivity contribution is 5.74. The SMILES string of the molecule is O=C(O)C1CCC(NC(=O)N2CCC(Cc3ccccc3F)CC2)CC1. The molecule has 0 aromatic heterocycles. The van der Waals surface area contributed by atoms with Crippen molar-refractivity contribution in [1.29, 1.82) is 0 Å². The summed E-state index contributed by atoms with van der Waals surface area (Å²) in [4.78, 5) is 25.3. The molecule has 1 aliphatic carbocycles. The van der Waals surface area contributed by atoms with E-state index in [1.807, 2.05) is 17.0 Å². The molecule has 1 aliphatic heterocycles. The Hall–Kier alpha value is -2.11. The van der Waals surface area contributed by atoms with Crippen LogP contribution in [0.25, 0.3) is 0 Å². The minimum absolute atomic E-state index is 0.0480. The molecule has 1 saturated heterocycles. The fraction of sp³-hybridized carbons (Fsp3) is 0.600. The van der Waals surface area contributed by atoms with Crippen LogP contribution in [0.3, 0.4) is 0 Å². The number of nitrogens with zero attached hydrogens (tertiary/aromatic N) is 1. The van der Waals surface area contributed by atoms with Crippen molar-refractivity contribution in [2.45, 2.75) is 51.0 Å². The zero-order valence-corrected chi connectivity index (χ0v) is 15.0. The Labute approximate surface area is 153 Å². The number of hydrogen-bond acceptors (Lipinski definition) is 2. The topological polar surface area (TPSA) is 69.6 Å². The first-order valence-corrected chi connectivity index (χ1v) is 9.54. The van der Waals surface area contributed by atoms with Crippen LogP contribution in [0, 0.1) is 17.7 Å². The largest absolute Gasteiger partial charge is 0.481 e. The van der Waals surface area contributed by atoms with Gasteiger partial charge < -0.3 is 15.3 Å². The van der Waals surface area contributed by atoms with Gasteiger partial charge in [0.1, 0.15) is 5.82 Å². The van der Waals surface area contributed by atoms with Gasteiger partial charge in [0.25, 0.3) is 0 Å². The Morgan fingerprint density at radius 2 is 1.73 bits per heavy atom. The molecule has 142 valence electrons. The molecule has 0 radical (unpaired) electrons. The lowest BCUT2D eigenvalue weighted by Crippen LogP contribution is -2.49. The lowest BCUT2D eigenvalue weighted by Gasteiger charge is -2.34. The molecule has 5 nitrogen and oxygen atoms in total. The number of likely N-dealkylation sites (tertiary alicyclic amines) is 1. The van der Waals surface area contributed by atoms with E-state index in [1.165, 1.54) is 6.07 Å². The van der Waals surface area contributed by atoms with Crippen molar-refractivity contribution in [2.75, 3.05) is 13.1 Å². The lowest BCUT2D eigenvalue weighted by molar-refractivity contribution is -0.142. The van der Waals surface area contributed by atoms with Crippen molar-refractivity contribution in [3.8, 4) is 0 Å². The smallest absolute Gasteiger partial charge is 0.317 e. The van der Waals surface area contributed by atoms with Crippen molar-refractivity contribution in [1.82, 2.24) is 10.2 Å².